The first kappa shape index (κ1) is 37.9. The van der Waals surface area contributed by atoms with Crippen LogP contribution in [0.25, 0.3) is 0 Å². The second-order valence-electron chi connectivity index (χ2n) is 14.4. The molecular formula is C37H57NO7Si. The van der Waals surface area contributed by atoms with Crippen molar-refractivity contribution in [1.82, 2.24) is 4.90 Å². The van der Waals surface area contributed by atoms with Gasteiger partial charge < -0.3 is 33.4 Å². The SMILES string of the molecule is C=C[C@H](C)[C@@H](O[C@@H]1O[C@H](C)C[C@H](N(C)C)[C@H]1OC(=O)OC)[C@](C)(O)C[C@@H](C)CO[Si](c1ccccc1)(c1ccccc1)C(C)(C)C. The Morgan fingerprint density at radius 3 is 2.07 bits per heavy atom. The van der Waals surface area contributed by atoms with E-state index in [1.165, 1.54) is 17.5 Å². The van der Waals surface area contributed by atoms with Crippen molar-refractivity contribution in [3.05, 3.63) is 73.3 Å². The number of methoxy groups -OCH3 is 1. The van der Waals surface area contributed by atoms with Crippen LogP contribution in [0.3, 0.4) is 0 Å². The molecule has 1 saturated heterocycles. The smallest absolute Gasteiger partial charge is 0.438 e. The molecule has 1 N–H and O–H groups in total. The van der Waals surface area contributed by atoms with Gasteiger partial charge in [-0.25, -0.2) is 4.79 Å². The molecular weight excluding hydrogens is 598 g/mol. The zero-order chi connectivity index (χ0) is 34.3. The Morgan fingerprint density at radius 2 is 1.61 bits per heavy atom. The first-order chi connectivity index (χ1) is 21.6. The molecule has 8 nitrogen and oxygen atoms in total. The van der Waals surface area contributed by atoms with Crippen LogP contribution in [0.2, 0.25) is 5.04 Å². The molecule has 0 bridgehead atoms. The van der Waals surface area contributed by atoms with Crippen LogP contribution in [0.15, 0.2) is 73.3 Å². The summed E-state index contributed by atoms with van der Waals surface area (Å²) in [5.41, 5.74) is -1.30. The van der Waals surface area contributed by atoms with Gasteiger partial charge in [-0.1, -0.05) is 101 Å². The predicted octanol–water partition coefficient (Wildman–Crippen LogP) is 5.76. The number of aliphatic hydroxyl groups is 1. The minimum Gasteiger partial charge on any atom is -0.438 e. The first-order valence-corrected chi connectivity index (χ1v) is 18.3. The average molecular weight is 656 g/mol. The molecule has 2 aromatic carbocycles. The van der Waals surface area contributed by atoms with Crippen molar-refractivity contribution in [3.8, 4) is 0 Å². The summed E-state index contributed by atoms with van der Waals surface area (Å²) < 4.78 is 30.6. The quantitative estimate of drug-likeness (QED) is 0.156. The minimum absolute atomic E-state index is 0.0254. The van der Waals surface area contributed by atoms with Crippen LogP contribution in [0.5, 0.6) is 0 Å². The largest absolute Gasteiger partial charge is 0.508 e. The Morgan fingerprint density at radius 1 is 1.07 bits per heavy atom. The molecule has 0 aliphatic carbocycles. The molecule has 1 aliphatic rings. The lowest BCUT2D eigenvalue weighted by molar-refractivity contribution is -0.293. The van der Waals surface area contributed by atoms with Gasteiger partial charge in [-0.2, -0.15) is 0 Å². The monoisotopic (exact) mass is 655 g/mol. The molecule has 0 saturated carbocycles. The molecule has 3 rings (SSSR count). The molecule has 1 heterocycles. The molecule has 46 heavy (non-hydrogen) atoms. The molecule has 1 fully saturated rings. The Balaban J connectivity index is 1.89. The summed E-state index contributed by atoms with van der Waals surface area (Å²) in [6.45, 7) is 19.1. The fourth-order valence-electron chi connectivity index (χ4n) is 6.94. The number of carbonyl (C=O) groups excluding carboxylic acids is 1. The van der Waals surface area contributed by atoms with Gasteiger partial charge in [0, 0.05) is 12.5 Å². The third-order valence-electron chi connectivity index (χ3n) is 9.16. The number of ether oxygens (including phenoxy) is 4. The van der Waals surface area contributed by atoms with Crippen LogP contribution in [0, 0.1) is 11.8 Å². The standard InChI is InChI=1S/C37H57NO7Si/c1-12-27(3)33(45-34-32(44-35(39)41-11)31(38(9)10)23-28(4)43-34)37(8,40)24-26(2)25-42-46(36(5,6)7,29-19-15-13-16-20-29)30-21-17-14-18-22-30/h12-22,26-28,31-34,40H,1,23-25H2,2-11H3/t26-,27+,28-,31+,32-,33-,34+,37-/m1/s1. The predicted molar refractivity (Wildman–Crippen MR) is 186 cm³/mol. The second-order valence-corrected chi connectivity index (χ2v) is 18.7. The van der Waals surface area contributed by atoms with Gasteiger partial charge in [0.15, 0.2) is 12.4 Å². The van der Waals surface area contributed by atoms with Crippen LogP contribution < -0.4 is 10.4 Å². The van der Waals surface area contributed by atoms with Gasteiger partial charge >= 0.3 is 6.16 Å². The van der Waals surface area contributed by atoms with Crippen LogP contribution in [0.4, 0.5) is 4.79 Å². The van der Waals surface area contributed by atoms with Crippen molar-refractivity contribution in [3.63, 3.8) is 0 Å². The minimum atomic E-state index is -2.75. The Kier molecular flexibility index (Phi) is 13.2. The van der Waals surface area contributed by atoms with E-state index in [0.717, 1.165) is 0 Å². The van der Waals surface area contributed by atoms with E-state index in [9.17, 15) is 9.90 Å². The van der Waals surface area contributed by atoms with Crippen LogP contribution >= 0.6 is 0 Å². The Bertz CT molecular complexity index is 1190. The van der Waals surface area contributed by atoms with Crippen molar-refractivity contribution in [2.45, 2.75) is 103 Å². The topological polar surface area (TPSA) is 86.7 Å². The number of nitrogens with zero attached hydrogens (tertiary/aromatic N) is 1. The van der Waals surface area contributed by atoms with E-state index in [1.807, 2.05) is 45.0 Å². The van der Waals surface area contributed by atoms with E-state index >= 15 is 0 Å². The molecule has 0 unspecified atom stereocenters. The molecule has 0 amide bonds. The lowest BCUT2D eigenvalue weighted by atomic mass is 9.82. The van der Waals surface area contributed by atoms with Crippen molar-refractivity contribution >= 4 is 24.8 Å². The Labute approximate surface area is 278 Å². The average Bonchev–Trinajstić information content (AvgIpc) is 3.00. The molecule has 8 atom stereocenters. The molecule has 256 valence electrons. The van der Waals surface area contributed by atoms with Crippen molar-refractivity contribution < 1.29 is 33.3 Å². The highest BCUT2D eigenvalue weighted by Crippen LogP contribution is 2.38. The van der Waals surface area contributed by atoms with Gasteiger partial charge in [-0.3, -0.25) is 0 Å². The maximum atomic E-state index is 12.3. The highest BCUT2D eigenvalue weighted by atomic mass is 28.4. The van der Waals surface area contributed by atoms with Crippen LogP contribution in [0.1, 0.15) is 61.3 Å². The number of rotatable bonds is 14. The first-order valence-electron chi connectivity index (χ1n) is 16.4. The molecule has 9 heteroatoms. The maximum absolute atomic E-state index is 12.3. The zero-order valence-corrected chi connectivity index (χ0v) is 30.6. The van der Waals surface area contributed by atoms with Gasteiger partial charge in [0.2, 0.25) is 0 Å². The lowest BCUT2D eigenvalue weighted by Gasteiger charge is -2.46. The summed E-state index contributed by atoms with van der Waals surface area (Å²) in [6.07, 6.45) is -0.533. The van der Waals surface area contributed by atoms with E-state index < -0.39 is 38.6 Å². The summed E-state index contributed by atoms with van der Waals surface area (Å²) in [4.78, 5) is 14.3. The fraction of sp³-hybridized carbons (Fsp3) is 0.595. The Hall–Kier alpha value is -2.53. The fourth-order valence-corrected chi connectivity index (χ4v) is 11.6. The highest BCUT2D eigenvalue weighted by molar-refractivity contribution is 6.99. The molecule has 0 aromatic heterocycles. The van der Waals surface area contributed by atoms with Gasteiger partial charge in [-0.15, -0.1) is 6.58 Å². The summed E-state index contributed by atoms with van der Waals surface area (Å²) in [5, 5.41) is 14.4. The zero-order valence-electron chi connectivity index (χ0n) is 29.6. The van der Waals surface area contributed by atoms with Crippen molar-refractivity contribution in [1.29, 1.82) is 0 Å². The third kappa shape index (κ3) is 8.88. The highest BCUT2D eigenvalue weighted by Gasteiger charge is 2.51. The van der Waals surface area contributed by atoms with Crippen LogP contribution in [-0.2, 0) is 23.4 Å². The molecule has 1 aliphatic heterocycles. The van der Waals surface area contributed by atoms with Gasteiger partial charge in [0.1, 0.15) is 0 Å². The number of benzene rings is 2. The van der Waals surface area contributed by atoms with E-state index in [4.69, 9.17) is 23.4 Å². The number of hydrogen-bond donors (Lipinski definition) is 1. The van der Waals surface area contributed by atoms with Gasteiger partial charge in [0.25, 0.3) is 8.32 Å². The summed E-state index contributed by atoms with van der Waals surface area (Å²) in [5.74, 6) is -0.264. The van der Waals surface area contributed by atoms with E-state index in [2.05, 4.69) is 82.8 Å². The maximum Gasteiger partial charge on any atom is 0.508 e. The van der Waals surface area contributed by atoms with E-state index in [0.29, 0.717) is 19.4 Å². The lowest BCUT2D eigenvalue weighted by Crippen LogP contribution is -2.67. The third-order valence-corrected chi connectivity index (χ3v) is 14.2. The summed E-state index contributed by atoms with van der Waals surface area (Å²) in [6, 6.07) is 20.9. The molecule has 0 radical (unpaired) electrons. The number of carbonyl (C=O) groups is 1. The van der Waals surface area contributed by atoms with E-state index in [-0.39, 0.29) is 29.0 Å². The normalized spacial score (nSPS) is 24.0. The number of likely N-dealkylation sites (N-methyl/N-ethyl adjacent to an activating group) is 1. The molecule has 2 aromatic rings. The van der Waals surface area contributed by atoms with Gasteiger partial charge in [-0.05, 0) is 62.1 Å². The van der Waals surface area contributed by atoms with Crippen molar-refractivity contribution in [2.75, 3.05) is 27.8 Å². The van der Waals surface area contributed by atoms with Crippen molar-refractivity contribution in [2.24, 2.45) is 11.8 Å². The summed E-state index contributed by atoms with van der Waals surface area (Å²) >= 11 is 0. The summed E-state index contributed by atoms with van der Waals surface area (Å²) in [7, 11) is 2.39. The number of hydrogen-bond acceptors (Lipinski definition) is 8. The van der Waals surface area contributed by atoms with Gasteiger partial charge in [0.05, 0.1) is 31.0 Å². The van der Waals surface area contributed by atoms with E-state index in [1.54, 1.807) is 13.0 Å². The molecule has 0 spiro atoms. The second kappa shape index (κ2) is 16.0. The van der Waals surface area contributed by atoms with Crippen LogP contribution in [-0.4, -0.2) is 88.5 Å².